The molecule has 7 atom stereocenters. The zero-order valence-electron chi connectivity index (χ0n) is 23.3. The standard InChI is InChI=1S/C28H44O10/c1-7-18(5)21-11-9-19(6)26(38-28-25(33)24(32)22(13-29)36-28)27(37-23(31)12-16(2)3)20(30)10-8-17(4)14-34-15-35-21/h7-9,16,21-22,24-29,32-33H,10-15H2,1-6H3/b17-8-,18-7-,19-9+. The molecule has 0 radical (unpaired) electrons. The Balaban J connectivity index is 2.50. The third-order valence-electron chi connectivity index (χ3n) is 6.60. The summed E-state index contributed by atoms with van der Waals surface area (Å²) < 4.78 is 28.9. The lowest BCUT2D eigenvalue weighted by molar-refractivity contribution is -0.209. The van der Waals surface area contributed by atoms with Crippen LogP contribution in [0.4, 0.5) is 0 Å². The number of allylic oxidation sites excluding steroid dienone is 2. The van der Waals surface area contributed by atoms with Crippen molar-refractivity contribution in [2.45, 2.75) is 104 Å². The molecule has 0 bridgehead atoms. The summed E-state index contributed by atoms with van der Waals surface area (Å²) in [4.78, 5) is 26.2. The van der Waals surface area contributed by atoms with Crippen LogP contribution in [0.1, 0.15) is 60.8 Å². The van der Waals surface area contributed by atoms with Gasteiger partial charge in [-0.1, -0.05) is 37.6 Å². The lowest BCUT2D eigenvalue weighted by Gasteiger charge is -2.31. The normalized spacial score (nSPS) is 35.3. The van der Waals surface area contributed by atoms with E-state index in [0.29, 0.717) is 12.0 Å². The largest absolute Gasteiger partial charge is 0.451 e. The fourth-order valence-corrected chi connectivity index (χ4v) is 4.12. The van der Waals surface area contributed by atoms with Gasteiger partial charge in [-0.25, -0.2) is 0 Å². The molecule has 2 heterocycles. The van der Waals surface area contributed by atoms with Gasteiger partial charge in [-0.3, -0.25) is 9.59 Å². The summed E-state index contributed by atoms with van der Waals surface area (Å²) >= 11 is 0. The van der Waals surface area contributed by atoms with E-state index in [1.165, 1.54) is 0 Å². The summed E-state index contributed by atoms with van der Waals surface area (Å²) in [7, 11) is 0. The monoisotopic (exact) mass is 540 g/mol. The van der Waals surface area contributed by atoms with Gasteiger partial charge in [0.05, 0.1) is 19.3 Å². The highest BCUT2D eigenvalue weighted by molar-refractivity contribution is 5.87. The van der Waals surface area contributed by atoms with Gasteiger partial charge in [0, 0.05) is 12.8 Å². The number of carbonyl (C=O) groups excluding carboxylic acids is 2. The molecule has 3 N–H and O–H groups in total. The molecule has 0 saturated carbocycles. The second kappa shape index (κ2) is 15.6. The number of aliphatic hydroxyl groups excluding tert-OH is 3. The fourth-order valence-electron chi connectivity index (χ4n) is 4.12. The molecule has 216 valence electrons. The molecule has 10 nitrogen and oxygen atoms in total. The molecule has 2 aliphatic heterocycles. The van der Waals surface area contributed by atoms with Crippen molar-refractivity contribution in [1.29, 1.82) is 0 Å². The molecule has 0 aromatic carbocycles. The minimum Gasteiger partial charge on any atom is -0.451 e. The molecule has 10 heteroatoms. The Kier molecular flexibility index (Phi) is 13.3. The number of hydrogen-bond acceptors (Lipinski definition) is 10. The van der Waals surface area contributed by atoms with Gasteiger partial charge < -0.3 is 39.0 Å². The van der Waals surface area contributed by atoms with Crippen LogP contribution in [-0.2, 0) is 33.3 Å². The van der Waals surface area contributed by atoms with E-state index < -0.39 is 55.2 Å². The van der Waals surface area contributed by atoms with E-state index in [4.69, 9.17) is 23.7 Å². The topological polar surface area (TPSA) is 141 Å². The van der Waals surface area contributed by atoms with Gasteiger partial charge in [-0.15, -0.1) is 0 Å². The van der Waals surface area contributed by atoms with Crippen molar-refractivity contribution in [3.8, 4) is 0 Å². The second-order valence-electron chi connectivity index (χ2n) is 10.3. The summed E-state index contributed by atoms with van der Waals surface area (Å²) in [5, 5.41) is 30.2. The predicted octanol–water partition coefficient (Wildman–Crippen LogP) is 2.35. The SMILES string of the molecule is C/C=C(/C)C1C/C=C(\C)C(OC2OC(CO)C(O)C2O)C(OC(=O)CC(C)C)C(=O)C/C=C(/C)COCO1. The van der Waals surface area contributed by atoms with E-state index in [1.54, 1.807) is 13.0 Å². The highest BCUT2D eigenvalue weighted by atomic mass is 16.7. The van der Waals surface area contributed by atoms with Crippen molar-refractivity contribution in [2.24, 2.45) is 5.92 Å². The molecule has 0 aliphatic carbocycles. The fraction of sp³-hybridized carbons (Fsp3) is 0.714. The first-order valence-electron chi connectivity index (χ1n) is 13.1. The summed E-state index contributed by atoms with van der Waals surface area (Å²) in [6, 6.07) is 0. The summed E-state index contributed by atoms with van der Waals surface area (Å²) in [5.41, 5.74) is 2.34. The van der Waals surface area contributed by atoms with Crippen molar-refractivity contribution in [3.05, 3.63) is 34.9 Å². The Morgan fingerprint density at radius 1 is 1.18 bits per heavy atom. The number of Topliss-reactive ketones (excluding diaryl/α,β-unsaturated/α-hetero) is 1. The van der Waals surface area contributed by atoms with Crippen molar-refractivity contribution in [2.75, 3.05) is 20.0 Å². The third kappa shape index (κ3) is 9.37. The summed E-state index contributed by atoms with van der Waals surface area (Å²) in [6.07, 6.45) is -2.11. The van der Waals surface area contributed by atoms with Gasteiger partial charge in [0.2, 0.25) is 0 Å². The Morgan fingerprint density at radius 2 is 1.89 bits per heavy atom. The maximum atomic E-state index is 13.5. The van der Waals surface area contributed by atoms with E-state index >= 15 is 0 Å². The molecule has 0 aromatic heterocycles. The maximum absolute atomic E-state index is 13.5. The number of esters is 1. The number of carbonyl (C=O) groups is 2. The molecule has 0 amide bonds. The number of ether oxygens (including phenoxy) is 5. The zero-order valence-corrected chi connectivity index (χ0v) is 23.3. The molecule has 0 spiro atoms. The number of hydrogen-bond donors (Lipinski definition) is 3. The summed E-state index contributed by atoms with van der Waals surface area (Å²) in [5.74, 6) is -0.953. The van der Waals surface area contributed by atoms with Gasteiger partial charge in [-0.05, 0) is 51.2 Å². The lowest BCUT2D eigenvalue weighted by Crippen LogP contribution is -2.45. The molecule has 7 unspecified atom stereocenters. The van der Waals surface area contributed by atoms with Crippen LogP contribution in [0.5, 0.6) is 0 Å². The van der Waals surface area contributed by atoms with Gasteiger partial charge >= 0.3 is 5.97 Å². The highest BCUT2D eigenvalue weighted by Crippen LogP contribution is 2.28. The van der Waals surface area contributed by atoms with E-state index in [0.717, 1.165) is 11.1 Å². The molecule has 2 rings (SSSR count). The minimum atomic E-state index is -1.48. The van der Waals surface area contributed by atoms with E-state index in [1.807, 2.05) is 46.8 Å². The zero-order chi connectivity index (χ0) is 28.4. The van der Waals surface area contributed by atoms with E-state index in [9.17, 15) is 24.9 Å². The predicted molar refractivity (Wildman–Crippen MR) is 139 cm³/mol. The molecule has 1 saturated heterocycles. The van der Waals surface area contributed by atoms with E-state index in [-0.39, 0.29) is 38.3 Å². The average molecular weight is 541 g/mol. The van der Waals surface area contributed by atoms with Gasteiger partial charge in [0.1, 0.15) is 31.2 Å². The number of rotatable bonds is 7. The molecular weight excluding hydrogens is 496 g/mol. The smallest absolute Gasteiger partial charge is 0.306 e. The first-order chi connectivity index (χ1) is 18.0. The third-order valence-corrected chi connectivity index (χ3v) is 6.60. The van der Waals surface area contributed by atoms with Crippen LogP contribution in [-0.4, -0.2) is 90.0 Å². The first-order valence-corrected chi connectivity index (χ1v) is 13.1. The Labute approximate surface area is 225 Å². The number of ketones is 1. The van der Waals surface area contributed by atoms with Crippen LogP contribution in [0.3, 0.4) is 0 Å². The Bertz CT molecular complexity index is 877. The van der Waals surface area contributed by atoms with Crippen LogP contribution >= 0.6 is 0 Å². The highest BCUT2D eigenvalue weighted by Gasteiger charge is 2.46. The van der Waals surface area contributed by atoms with Gasteiger partial charge in [0.15, 0.2) is 18.2 Å². The minimum absolute atomic E-state index is 0.00793. The molecule has 2 aliphatic rings. The van der Waals surface area contributed by atoms with E-state index in [2.05, 4.69) is 0 Å². The maximum Gasteiger partial charge on any atom is 0.306 e. The van der Waals surface area contributed by atoms with Crippen LogP contribution in [0, 0.1) is 5.92 Å². The molecule has 0 aromatic rings. The van der Waals surface area contributed by atoms with Crippen molar-refractivity contribution >= 4 is 11.8 Å². The summed E-state index contributed by atoms with van der Waals surface area (Å²) in [6.45, 7) is 10.9. The molecule has 38 heavy (non-hydrogen) atoms. The van der Waals surface area contributed by atoms with Crippen molar-refractivity contribution in [1.82, 2.24) is 0 Å². The lowest BCUT2D eigenvalue weighted by atomic mass is 9.97. The van der Waals surface area contributed by atoms with Crippen molar-refractivity contribution < 1.29 is 48.6 Å². The van der Waals surface area contributed by atoms with Gasteiger partial charge in [-0.2, -0.15) is 0 Å². The quantitative estimate of drug-likeness (QED) is 0.325. The number of aliphatic hydroxyl groups is 3. The first kappa shape index (κ1) is 32.3. The molecular formula is C28H44O10. The van der Waals surface area contributed by atoms with Gasteiger partial charge in [0.25, 0.3) is 0 Å². The Hall–Kier alpha value is -1.92. The van der Waals surface area contributed by atoms with Crippen LogP contribution in [0.15, 0.2) is 34.9 Å². The second-order valence-corrected chi connectivity index (χ2v) is 10.3. The van der Waals surface area contributed by atoms with Crippen LogP contribution in [0.25, 0.3) is 0 Å². The van der Waals surface area contributed by atoms with Crippen molar-refractivity contribution in [3.63, 3.8) is 0 Å². The van der Waals surface area contributed by atoms with Crippen LogP contribution in [0.2, 0.25) is 0 Å². The Morgan fingerprint density at radius 3 is 2.50 bits per heavy atom. The van der Waals surface area contributed by atoms with Crippen LogP contribution < -0.4 is 0 Å². The average Bonchev–Trinajstić information content (AvgIpc) is 3.14. The molecule has 1 fully saturated rings.